The van der Waals surface area contributed by atoms with Crippen LogP contribution in [0.3, 0.4) is 0 Å². The Morgan fingerprint density at radius 3 is 2.48 bits per heavy atom. The van der Waals surface area contributed by atoms with Crippen LogP contribution in [0.25, 0.3) is 6.08 Å². The fourth-order valence-electron chi connectivity index (χ4n) is 2.38. The summed E-state index contributed by atoms with van der Waals surface area (Å²) in [5.41, 5.74) is 1.90. The normalized spacial score (nSPS) is 10.7. The van der Waals surface area contributed by atoms with Crippen LogP contribution >= 0.6 is 11.6 Å². The van der Waals surface area contributed by atoms with Crippen molar-refractivity contribution in [3.63, 3.8) is 0 Å². The number of carbonyl (C=O) groups excluding carboxylic acids is 2. The van der Waals surface area contributed by atoms with Crippen molar-refractivity contribution in [2.75, 3.05) is 18.4 Å². The van der Waals surface area contributed by atoms with E-state index in [1.165, 1.54) is 6.08 Å². The third kappa shape index (κ3) is 5.19. The lowest BCUT2D eigenvalue weighted by atomic mass is 10.1. The van der Waals surface area contributed by atoms with Gasteiger partial charge in [-0.2, -0.15) is 0 Å². The first-order valence-corrected chi connectivity index (χ1v) is 8.55. The molecule has 0 spiro atoms. The third-order valence-electron chi connectivity index (χ3n) is 3.75. The van der Waals surface area contributed by atoms with Gasteiger partial charge in [0.15, 0.2) is 0 Å². The number of nitrogens with zero attached hydrogens (tertiary/aromatic N) is 1. The summed E-state index contributed by atoms with van der Waals surface area (Å²) in [5.74, 6) is -0.333. The van der Waals surface area contributed by atoms with E-state index in [0.717, 1.165) is 5.56 Å². The van der Waals surface area contributed by atoms with Gasteiger partial charge in [0, 0.05) is 35.4 Å². The molecule has 0 saturated carbocycles. The van der Waals surface area contributed by atoms with Gasteiger partial charge in [-0.1, -0.05) is 35.9 Å². The molecule has 0 fully saturated rings. The van der Waals surface area contributed by atoms with Gasteiger partial charge < -0.3 is 10.2 Å². The molecule has 0 atom stereocenters. The van der Waals surface area contributed by atoms with Gasteiger partial charge in [-0.3, -0.25) is 9.59 Å². The molecule has 25 heavy (non-hydrogen) atoms. The number of amides is 2. The average molecular weight is 357 g/mol. The zero-order chi connectivity index (χ0) is 18.2. The van der Waals surface area contributed by atoms with Crippen molar-refractivity contribution in [2.45, 2.75) is 13.8 Å². The number of nitrogens with one attached hydrogen (secondary N) is 1. The second-order valence-corrected chi connectivity index (χ2v) is 5.81. The highest BCUT2D eigenvalue weighted by molar-refractivity contribution is 6.32. The maximum Gasteiger partial charge on any atom is 0.253 e. The van der Waals surface area contributed by atoms with Crippen LogP contribution in [0.2, 0.25) is 5.02 Å². The molecule has 2 amide bonds. The van der Waals surface area contributed by atoms with Crippen LogP contribution in [0.5, 0.6) is 0 Å². The monoisotopic (exact) mass is 356 g/mol. The summed E-state index contributed by atoms with van der Waals surface area (Å²) >= 11 is 6.06. The highest BCUT2D eigenvalue weighted by Crippen LogP contribution is 2.17. The highest BCUT2D eigenvalue weighted by Gasteiger charge is 2.12. The third-order valence-corrected chi connectivity index (χ3v) is 4.09. The molecule has 0 aromatic heterocycles. The number of anilines is 1. The first-order chi connectivity index (χ1) is 12.0. The lowest BCUT2D eigenvalue weighted by Crippen LogP contribution is -2.30. The Bertz CT molecular complexity index is 783. The van der Waals surface area contributed by atoms with Gasteiger partial charge in [-0.15, -0.1) is 0 Å². The second-order valence-electron chi connectivity index (χ2n) is 5.40. The van der Waals surface area contributed by atoms with Gasteiger partial charge in [0.05, 0.1) is 0 Å². The number of benzene rings is 2. The predicted octanol–water partition coefficient (Wildman–Crippen LogP) is 4.47. The second kappa shape index (κ2) is 9.04. The van der Waals surface area contributed by atoms with Crippen LogP contribution in [-0.2, 0) is 4.79 Å². The maximum atomic E-state index is 12.4. The van der Waals surface area contributed by atoms with E-state index in [-0.39, 0.29) is 11.8 Å². The Kier molecular flexibility index (Phi) is 6.78. The molecule has 5 heteroatoms. The minimum atomic E-state index is -0.285. The molecule has 2 rings (SSSR count). The summed E-state index contributed by atoms with van der Waals surface area (Å²) in [6, 6.07) is 14.2. The zero-order valence-corrected chi connectivity index (χ0v) is 15.1. The Morgan fingerprint density at radius 1 is 1.08 bits per heavy atom. The van der Waals surface area contributed by atoms with Crippen LogP contribution in [-0.4, -0.2) is 29.8 Å². The van der Waals surface area contributed by atoms with Gasteiger partial charge >= 0.3 is 0 Å². The molecule has 2 aromatic rings. The van der Waals surface area contributed by atoms with Crippen LogP contribution in [0, 0.1) is 0 Å². The first-order valence-electron chi connectivity index (χ1n) is 8.18. The molecule has 0 radical (unpaired) electrons. The van der Waals surface area contributed by atoms with E-state index in [2.05, 4.69) is 5.32 Å². The number of hydrogen-bond donors (Lipinski definition) is 1. The van der Waals surface area contributed by atoms with E-state index in [9.17, 15) is 9.59 Å². The van der Waals surface area contributed by atoms with Gasteiger partial charge in [-0.25, -0.2) is 0 Å². The first kappa shape index (κ1) is 18.7. The standard InChI is InChI=1S/C20H21ClN2O2/c1-3-23(4-2)20(25)16-9-7-10-17(14-16)22-19(24)13-12-15-8-5-6-11-18(15)21/h5-14H,3-4H2,1-2H3,(H,22,24)/b13-12+. The van der Waals surface area contributed by atoms with Crippen LogP contribution < -0.4 is 5.32 Å². The molecule has 2 aromatic carbocycles. The molecule has 0 bridgehead atoms. The molecule has 0 saturated heterocycles. The summed E-state index contributed by atoms with van der Waals surface area (Å²) in [6.07, 6.45) is 3.07. The number of rotatable bonds is 6. The zero-order valence-electron chi connectivity index (χ0n) is 14.3. The molecule has 0 unspecified atom stereocenters. The van der Waals surface area contributed by atoms with E-state index < -0.39 is 0 Å². The topological polar surface area (TPSA) is 49.4 Å². The molecule has 0 aliphatic heterocycles. The Morgan fingerprint density at radius 2 is 1.80 bits per heavy atom. The number of hydrogen-bond acceptors (Lipinski definition) is 2. The average Bonchev–Trinajstić information content (AvgIpc) is 2.62. The van der Waals surface area contributed by atoms with E-state index in [1.807, 2.05) is 32.0 Å². The van der Waals surface area contributed by atoms with Crippen molar-refractivity contribution in [3.8, 4) is 0 Å². The maximum absolute atomic E-state index is 12.4. The van der Waals surface area contributed by atoms with Gasteiger partial charge in [-0.05, 0) is 49.8 Å². The summed E-state index contributed by atoms with van der Waals surface area (Å²) in [5, 5.41) is 3.34. The Hall–Kier alpha value is -2.59. The summed E-state index contributed by atoms with van der Waals surface area (Å²) in [4.78, 5) is 26.2. The fourth-order valence-corrected chi connectivity index (χ4v) is 2.58. The van der Waals surface area contributed by atoms with Gasteiger partial charge in [0.2, 0.25) is 5.91 Å². The summed E-state index contributed by atoms with van der Waals surface area (Å²) in [7, 11) is 0. The Balaban J connectivity index is 2.08. The van der Waals surface area contributed by atoms with E-state index in [1.54, 1.807) is 41.3 Å². The lowest BCUT2D eigenvalue weighted by Gasteiger charge is -2.18. The van der Waals surface area contributed by atoms with E-state index >= 15 is 0 Å². The quantitative estimate of drug-likeness (QED) is 0.776. The van der Waals surface area contributed by atoms with Crippen molar-refractivity contribution in [1.82, 2.24) is 4.90 Å². The van der Waals surface area contributed by atoms with Gasteiger partial charge in [0.1, 0.15) is 0 Å². The molecule has 130 valence electrons. The van der Waals surface area contributed by atoms with Crippen molar-refractivity contribution in [1.29, 1.82) is 0 Å². The molecule has 0 aliphatic rings. The van der Waals surface area contributed by atoms with Crippen LogP contribution in [0.15, 0.2) is 54.6 Å². The molecule has 0 heterocycles. The van der Waals surface area contributed by atoms with E-state index in [0.29, 0.717) is 29.4 Å². The largest absolute Gasteiger partial charge is 0.339 e. The van der Waals surface area contributed by atoms with Crippen LogP contribution in [0.1, 0.15) is 29.8 Å². The smallest absolute Gasteiger partial charge is 0.253 e. The van der Waals surface area contributed by atoms with Crippen molar-refractivity contribution in [3.05, 3.63) is 70.8 Å². The molecular weight excluding hydrogens is 336 g/mol. The summed E-state index contributed by atoms with van der Waals surface area (Å²) in [6.45, 7) is 5.16. The predicted molar refractivity (Wildman–Crippen MR) is 103 cm³/mol. The number of halogens is 1. The molecule has 4 nitrogen and oxygen atoms in total. The van der Waals surface area contributed by atoms with Crippen molar-refractivity contribution < 1.29 is 9.59 Å². The van der Waals surface area contributed by atoms with Crippen molar-refractivity contribution in [2.24, 2.45) is 0 Å². The highest BCUT2D eigenvalue weighted by atomic mass is 35.5. The molecule has 1 N–H and O–H groups in total. The van der Waals surface area contributed by atoms with Crippen LogP contribution in [0.4, 0.5) is 5.69 Å². The minimum absolute atomic E-state index is 0.0484. The van der Waals surface area contributed by atoms with Gasteiger partial charge in [0.25, 0.3) is 5.91 Å². The SMILES string of the molecule is CCN(CC)C(=O)c1cccc(NC(=O)/C=C/c2ccccc2Cl)c1. The minimum Gasteiger partial charge on any atom is -0.339 e. The Labute approximate surface area is 153 Å². The molecular formula is C20H21ClN2O2. The lowest BCUT2D eigenvalue weighted by molar-refractivity contribution is -0.111. The van der Waals surface area contributed by atoms with Crippen molar-refractivity contribution >= 4 is 35.2 Å². The van der Waals surface area contributed by atoms with E-state index in [4.69, 9.17) is 11.6 Å². The molecule has 0 aliphatic carbocycles. The number of carbonyl (C=O) groups is 2. The fraction of sp³-hybridized carbons (Fsp3) is 0.200. The summed E-state index contributed by atoms with van der Waals surface area (Å²) < 4.78 is 0.